The lowest BCUT2D eigenvalue weighted by Gasteiger charge is -2.32. The van der Waals surface area contributed by atoms with E-state index in [0.29, 0.717) is 108 Å². The summed E-state index contributed by atoms with van der Waals surface area (Å²) < 4.78 is 3.51. The van der Waals surface area contributed by atoms with Gasteiger partial charge in [0.1, 0.15) is 47.9 Å². The molecule has 0 radical (unpaired) electrons. The number of tetrazole rings is 2. The molecule has 12 N–H and O–H groups in total. The number of anilines is 4. The largest absolute Gasteiger partial charge is 0.390 e. The van der Waals surface area contributed by atoms with Crippen molar-refractivity contribution in [3.63, 3.8) is 0 Å². The third kappa shape index (κ3) is 11.8. The number of rotatable bonds is 22. The molecule has 0 bridgehead atoms. The Labute approximate surface area is 478 Å². The zero-order chi connectivity index (χ0) is 58.0. The molecule has 4 aliphatic rings. The Morgan fingerprint density at radius 3 is 1.33 bits per heavy atom. The second kappa shape index (κ2) is 24.5. The average molecular weight is 1160 g/mol. The molecule has 8 aromatic rings. The van der Waals surface area contributed by atoms with E-state index in [1.54, 1.807) is 21.8 Å². The van der Waals surface area contributed by atoms with Crippen LogP contribution in [0.5, 0.6) is 0 Å². The number of fused-ring (bicyclic) bond motifs is 2. The molecule has 0 saturated heterocycles. The summed E-state index contributed by atoms with van der Waals surface area (Å²) >= 11 is 0. The fourth-order valence-electron chi connectivity index (χ4n) is 11.9. The van der Waals surface area contributed by atoms with Gasteiger partial charge in [0, 0.05) is 50.1 Å². The van der Waals surface area contributed by atoms with Gasteiger partial charge in [-0.25, -0.2) is 14.8 Å². The Bertz CT molecular complexity index is 3280. The van der Waals surface area contributed by atoms with Crippen molar-refractivity contribution in [1.82, 2.24) is 120 Å². The number of carbonyl (C=O) groups excluding carboxylic acids is 1. The Hall–Kier alpha value is -8.25. The molecule has 2 amide bonds. The number of nitrogens with one attached hydrogen (secondary N) is 6. The maximum atomic E-state index is 13.6. The number of aliphatic hydroxyl groups excluding tert-OH is 6. The van der Waals surface area contributed by atoms with Crippen LogP contribution in [0.15, 0.2) is 25.0 Å². The van der Waals surface area contributed by atoms with Crippen LogP contribution in [0.4, 0.5) is 28.3 Å². The highest BCUT2D eigenvalue weighted by molar-refractivity contribution is 5.85. The number of urea groups is 1. The predicted octanol–water partition coefficient (Wildman–Crippen LogP) is -1.28. The molecular formula is C49H70N28O7. The Kier molecular flexibility index (Phi) is 16.4. The van der Waals surface area contributed by atoms with Crippen molar-refractivity contribution >= 4 is 51.9 Å². The van der Waals surface area contributed by atoms with Crippen LogP contribution in [0, 0.1) is 0 Å². The van der Waals surface area contributed by atoms with Gasteiger partial charge < -0.3 is 71.7 Å². The van der Waals surface area contributed by atoms with E-state index in [-0.39, 0.29) is 56.3 Å². The zero-order valence-corrected chi connectivity index (χ0v) is 46.4. The number of hydrogen-bond donors (Lipinski definition) is 12. The monoisotopic (exact) mass is 1160 g/mol. The first-order chi connectivity index (χ1) is 40.9. The number of carbonyl (C=O) groups is 1. The number of nitrogens with zero attached hydrogens (tertiary/aromatic N) is 22. The van der Waals surface area contributed by atoms with E-state index in [1.165, 1.54) is 31.6 Å². The summed E-state index contributed by atoms with van der Waals surface area (Å²) in [5.41, 5.74) is 2.58. The van der Waals surface area contributed by atoms with Crippen LogP contribution in [0.3, 0.4) is 0 Å². The fourth-order valence-corrected chi connectivity index (χ4v) is 11.9. The van der Waals surface area contributed by atoms with Crippen LogP contribution >= 0.6 is 0 Å². The highest BCUT2D eigenvalue weighted by atomic mass is 16.3. The molecular weight excluding hydrogens is 1090 g/mol. The van der Waals surface area contributed by atoms with Crippen LogP contribution < -0.4 is 31.9 Å². The molecule has 0 aromatic carbocycles. The molecule has 8 heterocycles. The van der Waals surface area contributed by atoms with Crippen molar-refractivity contribution in [2.75, 3.05) is 34.4 Å². The summed E-state index contributed by atoms with van der Waals surface area (Å²) in [6, 6.07) is -2.90. The molecule has 8 aromatic heterocycles. The summed E-state index contributed by atoms with van der Waals surface area (Å²) in [4.78, 5) is 48.2. The summed E-state index contributed by atoms with van der Waals surface area (Å²) in [6.07, 6.45) is 8.54. The van der Waals surface area contributed by atoms with Gasteiger partial charge >= 0.3 is 6.03 Å². The molecule has 0 aliphatic heterocycles. The van der Waals surface area contributed by atoms with E-state index in [2.05, 4.69) is 83.1 Å². The van der Waals surface area contributed by atoms with Gasteiger partial charge in [-0.3, -0.25) is 0 Å². The normalized spacial score (nSPS) is 26.3. The number of imidazole rings is 2. The standard InChI is InChI=1S/C49H70N28O7/c1-3-74-68-35(64-70-74)13-15-50-47-60-43(37-45(62-47)72(23-52-37)31-17-33(41(82)39(31)80)76-54-19-29(21-78)66-76)56-25-5-9-27(10-6-25)58-49(84)59-28-11-7-26(8-12-28)57-44-38-46(63-48(61-44)51-16-14-36-65-71-75(4-2)69-36)73(24-53-38)32-18-34(42(83)40(32)81)77-55-20-30(22-79)67-77/h19-20,23-28,31-34,39-42,78-83H,3-18,21-22H2,1-2H3,(H2,58,59,84)(H2,50,56,60,62)(H2,51,57,61,63)/t25-,26-,27-,28-,31-,32-,33+,34+,39+,40+,41-,42-/m1/s1. The number of aromatic nitrogens is 22. The lowest BCUT2D eigenvalue weighted by atomic mass is 9.90. The quantitative estimate of drug-likeness (QED) is 0.0376. The molecule has 0 unspecified atom stereocenters. The van der Waals surface area contributed by atoms with Crippen molar-refractivity contribution in [3.8, 4) is 0 Å². The highest BCUT2D eigenvalue weighted by Crippen LogP contribution is 2.42. The third-order valence-electron chi connectivity index (χ3n) is 16.5. The van der Waals surface area contributed by atoms with Crippen LogP contribution in [0.2, 0.25) is 0 Å². The molecule has 448 valence electrons. The van der Waals surface area contributed by atoms with Gasteiger partial charge in [-0.15, -0.1) is 20.4 Å². The van der Waals surface area contributed by atoms with Gasteiger partial charge in [-0.2, -0.15) is 59.5 Å². The number of hydrogen-bond acceptors (Lipinski definition) is 27. The van der Waals surface area contributed by atoms with Crippen molar-refractivity contribution in [2.45, 2.75) is 190 Å². The minimum atomic E-state index is -1.20. The zero-order valence-electron chi connectivity index (χ0n) is 46.4. The van der Waals surface area contributed by atoms with Gasteiger partial charge in [0.15, 0.2) is 45.6 Å². The molecule has 12 rings (SSSR count). The van der Waals surface area contributed by atoms with Gasteiger partial charge in [-0.05, 0) is 88.5 Å². The highest BCUT2D eigenvalue weighted by Gasteiger charge is 2.47. The Balaban J connectivity index is 0.664. The van der Waals surface area contributed by atoms with E-state index >= 15 is 0 Å². The average Bonchev–Trinajstić information content (AvgIpc) is 2.66. The van der Waals surface area contributed by atoms with E-state index in [0.717, 1.165) is 51.4 Å². The van der Waals surface area contributed by atoms with Crippen LogP contribution in [0.25, 0.3) is 22.3 Å². The van der Waals surface area contributed by atoms with Crippen LogP contribution in [-0.2, 0) is 39.1 Å². The summed E-state index contributed by atoms with van der Waals surface area (Å²) in [5, 5.41) is 127. The smallest absolute Gasteiger partial charge is 0.315 e. The van der Waals surface area contributed by atoms with Crippen molar-refractivity contribution in [2.24, 2.45) is 0 Å². The lowest BCUT2D eigenvalue weighted by Crippen LogP contribution is -2.49. The molecule has 0 spiro atoms. The van der Waals surface area contributed by atoms with E-state index in [9.17, 15) is 35.4 Å². The second-order valence-corrected chi connectivity index (χ2v) is 21.9. The first-order valence-electron chi connectivity index (χ1n) is 28.8. The molecule has 35 nitrogen and oxygen atoms in total. The van der Waals surface area contributed by atoms with Gasteiger partial charge in [0.2, 0.25) is 11.9 Å². The predicted molar refractivity (Wildman–Crippen MR) is 294 cm³/mol. The van der Waals surface area contributed by atoms with Crippen LogP contribution in [-0.4, -0.2) is 208 Å². The SMILES string of the molecule is CCn1nnc(CCNc2nc(N[C@H]3CC[C@H](NC(=O)N[C@H]4CC[C@H](Nc5nc(NCCc6nnn(CC)n6)nc6c5ncn6[C@@H]5C[C@H](n6ncc(CO)n6)[C@@H](O)[C@H]5O)CC4)CC3)c3ncn([C@@H]4C[C@H](n5ncc(CO)n5)[C@@H](O)[C@H]4O)c3n2)n1. The number of amides is 2. The maximum Gasteiger partial charge on any atom is 0.315 e. The summed E-state index contributed by atoms with van der Waals surface area (Å²) in [7, 11) is 0. The van der Waals surface area contributed by atoms with Crippen molar-refractivity contribution in [3.05, 3.63) is 48.1 Å². The summed E-state index contributed by atoms with van der Waals surface area (Å²) in [5.74, 6) is 2.78. The Morgan fingerprint density at radius 1 is 0.548 bits per heavy atom. The van der Waals surface area contributed by atoms with E-state index in [1.807, 2.05) is 13.8 Å². The van der Waals surface area contributed by atoms with Crippen molar-refractivity contribution in [1.29, 1.82) is 0 Å². The molecule has 4 fully saturated rings. The van der Waals surface area contributed by atoms with Gasteiger partial charge in [-0.1, -0.05) is 0 Å². The molecule has 35 heteroatoms. The minimum absolute atomic E-state index is 0.00231. The van der Waals surface area contributed by atoms with E-state index in [4.69, 9.17) is 29.9 Å². The maximum absolute atomic E-state index is 13.6. The van der Waals surface area contributed by atoms with Gasteiger partial charge in [0.25, 0.3) is 0 Å². The molecule has 4 saturated carbocycles. The third-order valence-corrected chi connectivity index (χ3v) is 16.5. The number of aryl methyl sites for hydroxylation is 2. The van der Waals surface area contributed by atoms with E-state index < -0.39 is 48.6 Å². The second-order valence-electron chi connectivity index (χ2n) is 21.9. The van der Waals surface area contributed by atoms with Gasteiger partial charge in [0.05, 0.1) is 63.4 Å². The fraction of sp³-hybridized carbons (Fsp3) is 0.653. The molecule has 84 heavy (non-hydrogen) atoms. The molecule has 8 atom stereocenters. The topological polar surface area (TPSA) is 446 Å². The first-order valence-corrected chi connectivity index (χ1v) is 28.8. The lowest BCUT2D eigenvalue weighted by molar-refractivity contribution is 0.00491. The number of aliphatic hydroxyl groups is 6. The Morgan fingerprint density at radius 2 is 0.952 bits per heavy atom. The summed E-state index contributed by atoms with van der Waals surface area (Å²) in [6.45, 7) is 5.27. The minimum Gasteiger partial charge on any atom is -0.390 e. The first kappa shape index (κ1) is 56.2. The van der Waals surface area contributed by atoms with Crippen LogP contribution in [0.1, 0.15) is 125 Å². The van der Waals surface area contributed by atoms with Crippen molar-refractivity contribution < 1.29 is 35.4 Å². The molecule has 4 aliphatic carbocycles.